The standard InChI is InChI=1S/C24H21FN4O3S2/c1-12-18-13(2)27-20(14-7-8-14)28-22(18)34-19(12)21(30)26-9-10-29-23(31)17(33-24(29)32)11-15-5-3-4-6-16(15)25/h3-6,11,14H,7-10H2,1-2H3,(H,26,30)/b17-11-. The Morgan fingerprint density at radius 3 is 2.74 bits per heavy atom. The van der Waals surface area contributed by atoms with Gasteiger partial charge in [0.15, 0.2) is 0 Å². The van der Waals surface area contributed by atoms with Crippen LogP contribution in [0.4, 0.5) is 9.18 Å². The quantitative estimate of drug-likeness (QED) is 0.494. The van der Waals surface area contributed by atoms with Crippen LogP contribution in [0, 0.1) is 19.7 Å². The first kappa shape index (κ1) is 22.7. The minimum absolute atomic E-state index is 0.0274. The van der Waals surface area contributed by atoms with Crippen LogP contribution in [0.1, 0.15) is 51.1 Å². The van der Waals surface area contributed by atoms with Crippen molar-refractivity contribution in [1.29, 1.82) is 0 Å². The van der Waals surface area contributed by atoms with Gasteiger partial charge in [-0.15, -0.1) is 11.3 Å². The number of hydrogen-bond acceptors (Lipinski definition) is 7. The smallest absolute Gasteiger partial charge is 0.293 e. The zero-order valence-electron chi connectivity index (χ0n) is 18.6. The fourth-order valence-electron chi connectivity index (χ4n) is 3.89. The topological polar surface area (TPSA) is 92.3 Å². The largest absolute Gasteiger partial charge is 0.350 e. The molecule has 2 fully saturated rings. The van der Waals surface area contributed by atoms with Crippen LogP contribution >= 0.6 is 23.1 Å². The Labute approximate surface area is 203 Å². The van der Waals surface area contributed by atoms with Crippen molar-refractivity contribution < 1.29 is 18.8 Å². The molecule has 2 aromatic heterocycles. The first-order valence-corrected chi connectivity index (χ1v) is 12.5. The molecule has 2 aliphatic rings. The summed E-state index contributed by atoms with van der Waals surface area (Å²) in [7, 11) is 0. The van der Waals surface area contributed by atoms with E-state index in [1.807, 2.05) is 13.8 Å². The third-order valence-electron chi connectivity index (χ3n) is 5.82. The van der Waals surface area contributed by atoms with Crippen molar-refractivity contribution in [2.45, 2.75) is 32.6 Å². The summed E-state index contributed by atoms with van der Waals surface area (Å²) in [6.45, 7) is 3.95. The maximum Gasteiger partial charge on any atom is 0.293 e. The van der Waals surface area contributed by atoms with E-state index in [0.29, 0.717) is 10.8 Å². The molecule has 0 unspecified atom stereocenters. The molecule has 1 N–H and O–H groups in total. The number of hydrogen-bond donors (Lipinski definition) is 1. The van der Waals surface area contributed by atoms with E-state index >= 15 is 0 Å². The summed E-state index contributed by atoms with van der Waals surface area (Å²) >= 11 is 2.10. The van der Waals surface area contributed by atoms with Crippen LogP contribution in [0.2, 0.25) is 0 Å². The van der Waals surface area contributed by atoms with Gasteiger partial charge in [-0.1, -0.05) is 18.2 Å². The monoisotopic (exact) mass is 496 g/mol. The van der Waals surface area contributed by atoms with Crippen molar-refractivity contribution in [2.75, 3.05) is 13.1 Å². The van der Waals surface area contributed by atoms with Gasteiger partial charge >= 0.3 is 0 Å². The molecule has 1 aromatic carbocycles. The maximum atomic E-state index is 13.9. The molecule has 34 heavy (non-hydrogen) atoms. The van der Waals surface area contributed by atoms with E-state index in [2.05, 4.69) is 15.3 Å². The normalized spacial score (nSPS) is 17.3. The van der Waals surface area contributed by atoms with E-state index < -0.39 is 17.0 Å². The number of fused-ring (bicyclic) bond motifs is 1. The lowest BCUT2D eigenvalue weighted by atomic mass is 10.1. The molecule has 174 valence electrons. The van der Waals surface area contributed by atoms with Crippen molar-refractivity contribution in [3.63, 3.8) is 0 Å². The molecular formula is C24H21FN4O3S2. The van der Waals surface area contributed by atoms with Gasteiger partial charge in [0.05, 0.1) is 15.5 Å². The van der Waals surface area contributed by atoms with Crippen LogP contribution in [-0.4, -0.2) is 45.0 Å². The Bertz CT molecular complexity index is 1380. The molecule has 7 nitrogen and oxygen atoms in total. The number of nitrogens with one attached hydrogen (secondary N) is 1. The van der Waals surface area contributed by atoms with Crippen molar-refractivity contribution in [2.24, 2.45) is 0 Å². The lowest BCUT2D eigenvalue weighted by molar-refractivity contribution is -0.122. The number of aryl methyl sites for hydroxylation is 2. The molecule has 1 saturated carbocycles. The Morgan fingerprint density at radius 2 is 2.00 bits per heavy atom. The number of aromatic nitrogens is 2. The van der Waals surface area contributed by atoms with Crippen LogP contribution in [-0.2, 0) is 4.79 Å². The number of carbonyl (C=O) groups is 3. The van der Waals surface area contributed by atoms with E-state index in [-0.39, 0.29) is 29.5 Å². The summed E-state index contributed by atoms with van der Waals surface area (Å²) in [5.74, 6) is 0.0322. The van der Waals surface area contributed by atoms with Crippen LogP contribution in [0.15, 0.2) is 29.2 Å². The molecule has 1 aliphatic carbocycles. The highest BCUT2D eigenvalue weighted by atomic mass is 32.2. The highest BCUT2D eigenvalue weighted by Crippen LogP contribution is 2.40. The zero-order chi connectivity index (χ0) is 24.0. The van der Waals surface area contributed by atoms with Gasteiger partial charge in [-0.3, -0.25) is 19.3 Å². The number of benzene rings is 1. The molecule has 0 radical (unpaired) electrons. The molecular weight excluding hydrogens is 475 g/mol. The van der Waals surface area contributed by atoms with Gasteiger partial charge in [0.25, 0.3) is 17.1 Å². The van der Waals surface area contributed by atoms with Crippen LogP contribution in [0.25, 0.3) is 16.3 Å². The molecule has 1 aliphatic heterocycles. The fraction of sp³-hybridized carbons (Fsp3) is 0.292. The average molecular weight is 497 g/mol. The number of halogens is 1. The molecule has 0 atom stereocenters. The second-order valence-electron chi connectivity index (χ2n) is 8.29. The summed E-state index contributed by atoms with van der Waals surface area (Å²) in [6.07, 6.45) is 3.58. The van der Waals surface area contributed by atoms with Crippen molar-refractivity contribution >= 4 is 56.4 Å². The van der Waals surface area contributed by atoms with Gasteiger partial charge in [0.1, 0.15) is 16.5 Å². The second kappa shape index (κ2) is 8.92. The summed E-state index contributed by atoms with van der Waals surface area (Å²) < 4.78 is 13.9. The number of amides is 3. The van der Waals surface area contributed by atoms with E-state index in [0.717, 1.165) is 56.8 Å². The first-order valence-electron chi connectivity index (χ1n) is 10.9. The molecule has 0 spiro atoms. The van der Waals surface area contributed by atoms with E-state index in [9.17, 15) is 18.8 Å². The number of nitrogens with zero attached hydrogens (tertiary/aromatic N) is 3. The molecule has 3 heterocycles. The number of thioether (sulfide) groups is 1. The third-order valence-corrected chi connectivity index (χ3v) is 7.92. The van der Waals surface area contributed by atoms with Crippen molar-refractivity contribution in [3.05, 3.63) is 62.5 Å². The van der Waals surface area contributed by atoms with Gasteiger partial charge in [0.2, 0.25) is 0 Å². The fourth-order valence-corrected chi connectivity index (χ4v) is 5.90. The predicted molar refractivity (Wildman–Crippen MR) is 130 cm³/mol. The molecule has 0 bridgehead atoms. The number of imide groups is 1. The Balaban J connectivity index is 1.26. The van der Waals surface area contributed by atoms with Gasteiger partial charge < -0.3 is 5.32 Å². The van der Waals surface area contributed by atoms with Gasteiger partial charge in [-0.25, -0.2) is 14.4 Å². The third kappa shape index (κ3) is 4.23. The molecule has 1 saturated heterocycles. The average Bonchev–Trinajstić information content (AvgIpc) is 3.55. The molecule has 3 amide bonds. The van der Waals surface area contributed by atoms with Crippen LogP contribution in [0.3, 0.4) is 0 Å². The minimum Gasteiger partial charge on any atom is -0.350 e. The highest BCUT2D eigenvalue weighted by molar-refractivity contribution is 8.18. The van der Waals surface area contributed by atoms with Gasteiger partial charge in [-0.05, 0) is 56.2 Å². The zero-order valence-corrected chi connectivity index (χ0v) is 20.2. The molecule has 5 rings (SSSR count). The highest BCUT2D eigenvalue weighted by Gasteiger charge is 2.35. The summed E-state index contributed by atoms with van der Waals surface area (Å²) in [5, 5.41) is 3.26. The maximum absolute atomic E-state index is 13.9. The number of rotatable bonds is 6. The van der Waals surface area contributed by atoms with Gasteiger partial charge in [0, 0.05) is 30.0 Å². The van der Waals surface area contributed by atoms with E-state index in [1.165, 1.54) is 29.5 Å². The summed E-state index contributed by atoms with van der Waals surface area (Å²) in [6, 6.07) is 6.04. The molecule has 10 heteroatoms. The Kier molecular flexibility index (Phi) is 5.95. The SMILES string of the molecule is Cc1nc(C2CC2)nc2sc(C(=O)NCCN3C(=O)S/C(=C\c4ccccc4F)C3=O)c(C)c12. The van der Waals surface area contributed by atoms with Crippen LogP contribution in [0.5, 0.6) is 0 Å². The predicted octanol–water partition coefficient (Wildman–Crippen LogP) is 4.79. The van der Waals surface area contributed by atoms with Crippen molar-refractivity contribution in [1.82, 2.24) is 20.2 Å². The Hall–Kier alpha value is -3.11. The van der Waals surface area contributed by atoms with Gasteiger partial charge in [-0.2, -0.15) is 0 Å². The lowest BCUT2D eigenvalue weighted by Crippen LogP contribution is -2.37. The first-order chi connectivity index (χ1) is 16.3. The lowest BCUT2D eigenvalue weighted by Gasteiger charge is -2.12. The van der Waals surface area contributed by atoms with E-state index in [4.69, 9.17) is 0 Å². The minimum atomic E-state index is -0.496. The van der Waals surface area contributed by atoms with Crippen LogP contribution < -0.4 is 5.32 Å². The molecule has 3 aromatic rings. The van der Waals surface area contributed by atoms with E-state index in [1.54, 1.807) is 12.1 Å². The number of carbonyl (C=O) groups excluding carboxylic acids is 3. The summed E-state index contributed by atoms with van der Waals surface area (Å²) in [5.41, 5.74) is 1.94. The number of thiophene rings is 1. The second-order valence-corrected chi connectivity index (χ2v) is 10.3. The summed E-state index contributed by atoms with van der Waals surface area (Å²) in [4.78, 5) is 49.7. The Morgan fingerprint density at radius 1 is 1.24 bits per heavy atom. The van der Waals surface area contributed by atoms with Crippen molar-refractivity contribution in [3.8, 4) is 0 Å².